The number of aromatic nitrogens is 6. The van der Waals surface area contributed by atoms with Crippen LogP contribution in [0.4, 0.5) is 17.5 Å². The van der Waals surface area contributed by atoms with Crippen molar-refractivity contribution >= 4 is 174 Å². The van der Waals surface area contributed by atoms with Crippen LogP contribution in [-0.2, 0) is 121 Å². The zero-order valence-corrected chi connectivity index (χ0v) is 87.8. The number of β-amino-alcohol motifs (C(OH)–C–C–N with tert-alkyl or cyclic N) is 1. The fourth-order valence-electron chi connectivity index (χ4n) is 13.3. The van der Waals surface area contributed by atoms with Crippen molar-refractivity contribution in [2.45, 2.75) is 249 Å². The number of carbonyl (C=O) groups excluding carboxylic acids is 9. The molecule has 0 saturated carbocycles. The number of nitrogens with one attached hydrogen (secondary N) is 7. The molecule has 10 N–H and O–H groups in total. The third-order valence-corrected chi connectivity index (χ3v) is 33.9. The Bertz CT molecular complexity index is 5390. The first kappa shape index (κ1) is 117. The van der Waals surface area contributed by atoms with Crippen LogP contribution in [0.5, 0.6) is 17.6 Å². The predicted octanol–water partition coefficient (Wildman–Crippen LogP) is 3.19. The molecule has 6 aliphatic rings. The van der Waals surface area contributed by atoms with Crippen molar-refractivity contribution < 1.29 is 144 Å². The van der Waals surface area contributed by atoms with Gasteiger partial charge in [-0.2, -0.15) is 13.1 Å². The fraction of sp³-hybridized carbons (Fsp3) is 0.699. The third kappa shape index (κ3) is 37.3. The van der Waals surface area contributed by atoms with E-state index in [4.69, 9.17) is 47.7 Å². The number of ketones is 2. The number of sulfone groups is 2. The molecule has 0 aromatic carbocycles. The molecule has 4 saturated heterocycles. The van der Waals surface area contributed by atoms with Crippen molar-refractivity contribution in [2.75, 3.05) is 146 Å². The lowest BCUT2D eigenvalue weighted by molar-refractivity contribution is -0.159. The van der Waals surface area contributed by atoms with Crippen LogP contribution >= 0.6 is 57.9 Å². The van der Waals surface area contributed by atoms with Gasteiger partial charge >= 0.3 is 35.8 Å². The number of carboxylic acids is 1. The van der Waals surface area contributed by atoms with E-state index in [0.29, 0.717) is 161 Å². The molecule has 0 spiro atoms. The molecule has 56 heteroatoms. The van der Waals surface area contributed by atoms with Crippen molar-refractivity contribution in [1.29, 1.82) is 0 Å². The van der Waals surface area contributed by atoms with Crippen LogP contribution < -0.4 is 64.9 Å². The van der Waals surface area contributed by atoms with Gasteiger partial charge in [0.15, 0.2) is 42.9 Å². The van der Waals surface area contributed by atoms with Gasteiger partial charge in [0.1, 0.15) is 61.1 Å². The zero-order chi connectivity index (χ0) is 103. The second-order valence-electron chi connectivity index (χ2n) is 35.6. The predicted molar refractivity (Wildman–Crippen MR) is 511 cm³/mol. The number of cyclic esters (lactones) is 2. The van der Waals surface area contributed by atoms with E-state index >= 15 is 0 Å². The molecular formula is C83H129N16O31S9+. The number of nitrogens with zero attached hydrogens (tertiary/aromatic N) is 9. The Balaban J connectivity index is 0.000000263. The number of anilines is 3. The highest BCUT2D eigenvalue weighted by Gasteiger charge is 2.44. The first-order valence-corrected chi connectivity index (χ1v) is 54.7. The number of morpholine rings is 3. The molecule has 11 heterocycles. The van der Waals surface area contributed by atoms with Crippen LogP contribution in [0, 0.1) is 18.8 Å². The van der Waals surface area contributed by atoms with Crippen LogP contribution in [0.25, 0.3) is 0 Å². The molecule has 0 radical (unpaired) electrons. The summed E-state index contributed by atoms with van der Waals surface area (Å²) in [7, 11) is -16.4. The van der Waals surface area contributed by atoms with E-state index < -0.39 is 168 Å². The maximum Gasteiger partial charge on any atom is 0.314 e. The van der Waals surface area contributed by atoms with E-state index in [0.717, 1.165) is 61.0 Å². The minimum absolute atomic E-state index is 0.0295. The van der Waals surface area contributed by atoms with Crippen molar-refractivity contribution in [1.82, 2.24) is 62.3 Å². The van der Waals surface area contributed by atoms with Crippen molar-refractivity contribution in [3.8, 4) is 17.6 Å². The molecule has 0 unspecified atom stereocenters. The largest absolute Gasteiger partial charge is 0.481 e. The van der Waals surface area contributed by atoms with Crippen molar-refractivity contribution in [3.05, 3.63) is 30.2 Å². The number of aliphatic hydroxyl groups is 2. The summed E-state index contributed by atoms with van der Waals surface area (Å²) in [5.41, 5.74) is -0.0825. The second-order valence-corrected chi connectivity index (χ2v) is 48.2. The number of sulfonamides is 2. The number of Topliss-reactive ketones (excluding diaryl/α,β-unsaturated/α-hetero) is 2. The number of esters is 5. The molecule has 11 atom stereocenters. The van der Waals surface area contributed by atoms with Crippen LogP contribution in [0.3, 0.4) is 0 Å². The minimum atomic E-state index is -4.56. The highest BCUT2D eigenvalue weighted by Crippen LogP contribution is 2.45. The molecule has 6 aliphatic heterocycles. The van der Waals surface area contributed by atoms with Gasteiger partial charge in [-0.1, -0.05) is 13.8 Å². The molecule has 780 valence electrons. The fourth-order valence-corrected chi connectivity index (χ4v) is 25.0. The molecule has 5 aromatic heterocycles. The molecule has 4 fully saturated rings. The SMILES string of the molecule is CC(C)(C)NC[C@@H](COc1nsnc1N1CCOCC1)OC(=O)CCC(=O)O.CCN[C@H]1C[C@H](C)S(=O)(=O)c2sc(S(=O)(=O)NC(=O)[C@H](C)C(=O)[C@H](C)O)cc21.CCN[C@H]1C[C@H](C)S(=O)(=O)c2sc(S(=O)(=O)NC(=O)[C@H](C)C(=O)[C@H](C)OC(=O)CCC(=O)O[C@@H](CNC(C)(C)C)COc3nsnc3N3CCOCC3)cc21.O=C1CCC(=O)O1.[CH2+]C(C)(C)NC[C@H](O)COc1nsnc1N1CCOCC1. The summed E-state index contributed by atoms with van der Waals surface area (Å²) in [6, 6.07) is 1.78. The first-order valence-electron chi connectivity index (χ1n) is 44.8. The van der Waals surface area contributed by atoms with Crippen LogP contribution in [0.1, 0.15) is 185 Å². The van der Waals surface area contributed by atoms with Gasteiger partial charge in [0.2, 0.25) is 29.3 Å². The topological polar surface area (TPSA) is 632 Å². The number of thiophene rings is 2. The number of hydrogen-bond donors (Lipinski definition) is 10. The lowest BCUT2D eigenvalue weighted by Crippen LogP contribution is -2.44. The number of carboxylic acid groups (broad SMARTS) is 1. The number of carbonyl (C=O) groups is 10. The Kier molecular flexibility index (Phi) is 45.4. The average Bonchev–Trinajstić information content (AvgIpc) is 1.60. The van der Waals surface area contributed by atoms with Crippen molar-refractivity contribution in [2.24, 2.45) is 11.8 Å². The summed E-state index contributed by atoms with van der Waals surface area (Å²) in [6.07, 6.45) is -5.03. The molecule has 47 nitrogen and oxygen atoms in total. The van der Waals surface area contributed by atoms with E-state index in [-0.39, 0.29) is 100 Å². The molecule has 0 bridgehead atoms. The van der Waals surface area contributed by atoms with Gasteiger partial charge in [-0.3, -0.25) is 53.3 Å². The maximum absolute atomic E-state index is 13.2. The van der Waals surface area contributed by atoms with E-state index in [2.05, 4.69) is 69.4 Å². The van der Waals surface area contributed by atoms with E-state index in [1.54, 1.807) is 18.6 Å². The number of ether oxygens (including phenoxy) is 10. The lowest BCUT2D eigenvalue weighted by Gasteiger charge is -2.27. The number of fused-ring (bicyclic) bond motifs is 2. The number of hydrogen-bond acceptors (Lipinski definition) is 49. The van der Waals surface area contributed by atoms with Crippen LogP contribution in [0.2, 0.25) is 0 Å². The van der Waals surface area contributed by atoms with Crippen molar-refractivity contribution in [3.63, 3.8) is 0 Å². The summed E-state index contributed by atoms with van der Waals surface area (Å²) in [6.45, 7) is 41.5. The number of aliphatic hydroxyl groups excluding tert-OH is 2. The molecule has 0 aliphatic carbocycles. The Hall–Kier alpha value is -8.55. The normalized spacial score (nSPS) is 19.6. The zero-order valence-electron chi connectivity index (χ0n) is 80.5. The highest BCUT2D eigenvalue weighted by molar-refractivity contribution is 7.96. The number of amides is 2. The van der Waals surface area contributed by atoms with Gasteiger partial charge < -0.3 is 98.7 Å². The lowest BCUT2D eigenvalue weighted by atomic mass is 10.0. The third-order valence-electron chi connectivity index (χ3n) is 21.0. The monoisotopic (exact) mass is 2130 g/mol. The molecule has 11 rings (SSSR count). The van der Waals surface area contributed by atoms with Crippen LogP contribution in [0.15, 0.2) is 29.0 Å². The first-order chi connectivity index (χ1) is 65.0. The highest BCUT2D eigenvalue weighted by atomic mass is 32.3. The van der Waals surface area contributed by atoms with Gasteiger partial charge in [-0.05, 0) is 135 Å². The van der Waals surface area contributed by atoms with Gasteiger partial charge in [0.25, 0.3) is 37.7 Å². The summed E-state index contributed by atoms with van der Waals surface area (Å²) in [4.78, 5) is 124. The Labute approximate surface area is 829 Å². The minimum Gasteiger partial charge on any atom is -0.481 e. The average molecular weight is 2140 g/mol. The number of aliphatic carboxylic acids is 1. The smallest absolute Gasteiger partial charge is 0.314 e. The Morgan fingerprint density at radius 3 is 1.19 bits per heavy atom. The van der Waals surface area contributed by atoms with Gasteiger partial charge in [0, 0.05) is 93.2 Å². The van der Waals surface area contributed by atoms with E-state index in [1.807, 2.05) is 83.8 Å². The molecule has 5 aromatic rings. The van der Waals surface area contributed by atoms with Gasteiger partial charge in [-0.25, -0.2) is 43.1 Å². The van der Waals surface area contributed by atoms with Gasteiger partial charge in [0.05, 0.1) is 143 Å². The maximum atomic E-state index is 13.2. The quantitative estimate of drug-likeness (QED) is 0.0116. The molecular weight excluding hydrogens is 2010 g/mol. The van der Waals surface area contributed by atoms with E-state index in [1.165, 1.54) is 32.9 Å². The standard InChI is InChI=1S/C33H50N6O12S4.C17H28N4O6S.C16H24N2O7S3.C13H23N4O3S.C4H4O3/c1-8-34-24-15-19(2)54(44,45)32-23(24)16-27(52-32)55(46,47)38-30(43)20(3)28(42)21(4)50-25(40)9-10-26(41)51-22(17-35-33(5,6)7)18-49-31-29(36-53-37-31)39-11-13-48-14-12-39;1-17(2,3)18-10-12(27-14(24)5-4-13(22)23)11-26-16-15(19-28-20-16)21-6-8-25-9-7-21;1-5-17-12-6-8(2)27(22,23)16-11(12)7-13(26-16)28(24,25)18-15(21)9(3)14(20)10(4)19;1-13(2,3)14-8-10(18)9-20-12-11(15-21-16-12)17-4-6-19-7-5-17;5-3-1-2-4(6)7-3/h16,19-22,24,34-35H,8-15,17-18H2,1-7H3,(H,38,43);12,18H,4-11H2,1-3H3,(H,22,23);7-10,12,17,19H,5-6H2,1-4H3,(H,18,21);10,14,18H,1,4-9H2,2-3H3;1-2H2/q;;;+1;/t19-,20+,21-,22-,24-;12-;8-,9+,10-,12-;10-;/m0000./s1. The Morgan fingerprint density at radius 1 is 0.518 bits per heavy atom. The Morgan fingerprint density at radius 2 is 0.863 bits per heavy atom. The second kappa shape index (κ2) is 53.7. The summed E-state index contributed by atoms with van der Waals surface area (Å²) >= 11 is 4.29. The van der Waals surface area contributed by atoms with E-state index in [9.17, 15) is 91.8 Å². The number of rotatable bonds is 42. The molecule has 2 amide bonds. The van der Waals surface area contributed by atoms with Gasteiger partial charge in [-0.15, -0.1) is 35.8 Å². The summed E-state index contributed by atoms with van der Waals surface area (Å²) < 4.78 is 185. The molecule has 139 heavy (non-hydrogen) atoms. The summed E-state index contributed by atoms with van der Waals surface area (Å²) in [5, 5.41) is 42.5. The summed E-state index contributed by atoms with van der Waals surface area (Å²) in [5.74, 6) is -7.82. The van der Waals surface area contributed by atoms with Crippen LogP contribution in [-0.4, -0.2) is 324 Å².